The van der Waals surface area contributed by atoms with Crippen molar-refractivity contribution in [2.45, 2.75) is 44.6 Å². The van der Waals surface area contributed by atoms with Gasteiger partial charge in [0.1, 0.15) is 0 Å². The minimum Gasteiger partial charge on any atom is -0.339 e. The van der Waals surface area contributed by atoms with Gasteiger partial charge in [-0.1, -0.05) is 18.0 Å². The third kappa shape index (κ3) is 2.17. The van der Waals surface area contributed by atoms with E-state index < -0.39 is 0 Å². The zero-order chi connectivity index (χ0) is 13.5. The minimum atomic E-state index is 0.273. The molecule has 0 spiro atoms. The van der Waals surface area contributed by atoms with Gasteiger partial charge in [0.15, 0.2) is 5.82 Å². The van der Waals surface area contributed by atoms with Crippen LogP contribution in [0.2, 0.25) is 0 Å². The molecule has 5 nitrogen and oxygen atoms in total. The number of hydrogen-bond acceptors (Lipinski definition) is 5. The molecule has 0 amide bonds. The van der Waals surface area contributed by atoms with E-state index in [9.17, 15) is 0 Å². The maximum atomic E-state index is 5.59. The van der Waals surface area contributed by atoms with Crippen molar-refractivity contribution in [1.29, 1.82) is 0 Å². The zero-order valence-electron chi connectivity index (χ0n) is 12.2. The van der Waals surface area contributed by atoms with Crippen LogP contribution in [-0.4, -0.2) is 41.2 Å². The van der Waals surface area contributed by atoms with E-state index in [1.165, 1.54) is 25.7 Å². The normalized spacial score (nSPS) is 35.5. The Labute approximate surface area is 120 Å². The summed E-state index contributed by atoms with van der Waals surface area (Å²) >= 11 is 0. The van der Waals surface area contributed by atoms with Crippen LogP contribution in [0.4, 0.5) is 0 Å². The number of nitrogens with one attached hydrogen (secondary N) is 1. The van der Waals surface area contributed by atoms with Crippen LogP contribution >= 0.6 is 0 Å². The Morgan fingerprint density at radius 1 is 1.20 bits per heavy atom. The van der Waals surface area contributed by atoms with Crippen LogP contribution in [0.1, 0.15) is 56.3 Å². The van der Waals surface area contributed by atoms with E-state index in [4.69, 9.17) is 9.51 Å². The van der Waals surface area contributed by atoms with Crippen molar-refractivity contribution in [2.75, 3.05) is 26.2 Å². The van der Waals surface area contributed by atoms with E-state index >= 15 is 0 Å². The van der Waals surface area contributed by atoms with Gasteiger partial charge in [0.05, 0.1) is 6.04 Å². The first kappa shape index (κ1) is 12.8. The van der Waals surface area contributed by atoms with Crippen molar-refractivity contribution < 1.29 is 4.52 Å². The molecule has 110 valence electrons. The van der Waals surface area contributed by atoms with Crippen molar-refractivity contribution in [3.8, 4) is 0 Å². The third-order valence-corrected chi connectivity index (χ3v) is 5.47. The van der Waals surface area contributed by atoms with Crippen molar-refractivity contribution >= 4 is 0 Å². The van der Waals surface area contributed by atoms with E-state index in [1.807, 2.05) is 0 Å². The summed E-state index contributed by atoms with van der Waals surface area (Å²) in [5.74, 6) is 4.05. The average Bonchev–Trinajstić information content (AvgIpc) is 3.04. The van der Waals surface area contributed by atoms with E-state index in [0.717, 1.165) is 49.7 Å². The summed E-state index contributed by atoms with van der Waals surface area (Å²) in [7, 11) is 0. The van der Waals surface area contributed by atoms with Crippen LogP contribution in [0.3, 0.4) is 0 Å². The first-order valence-electron chi connectivity index (χ1n) is 8.13. The Kier molecular flexibility index (Phi) is 3.27. The molecule has 2 heterocycles. The third-order valence-electron chi connectivity index (χ3n) is 5.47. The van der Waals surface area contributed by atoms with Gasteiger partial charge in [0.2, 0.25) is 5.89 Å². The summed E-state index contributed by atoms with van der Waals surface area (Å²) in [5, 5.41) is 7.64. The summed E-state index contributed by atoms with van der Waals surface area (Å²) in [5.41, 5.74) is 0. The second-order valence-corrected chi connectivity index (χ2v) is 6.59. The van der Waals surface area contributed by atoms with Gasteiger partial charge in [-0.3, -0.25) is 4.90 Å². The lowest BCUT2D eigenvalue weighted by Crippen LogP contribution is -2.44. The van der Waals surface area contributed by atoms with Crippen LogP contribution in [-0.2, 0) is 0 Å². The molecule has 1 saturated heterocycles. The molecule has 0 radical (unpaired) electrons. The molecule has 2 saturated carbocycles. The highest BCUT2D eigenvalue weighted by Gasteiger charge is 2.54. The first-order valence-corrected chi connectivity index (χ1v) is 8.13. The van der Waals surface area contributed by atoms with E-state index in [-0.39, 0.29) is 6.04 Å². The lowest BCUT2D eigenvalue weighted by Gasteiger charge is -2.30. The molecule has 3 unspecified atom stereocenters. The molecule has 1 aromatic heterocycles. The van der Waals surface area contributed by atoms with Gasteiger partial charge in [-0.25, -0.2) is 0 Å². The topological polar surface area (TPSA) is 54.2 Å². The first-order chi connectivity index (χ1) is 9.84. The minimum absolute atomic E-state index is 0.273. The smallest absolute Gasteiger partial charge is 0.230 e. The predicted molar refractivity (Wildman–Crippen MR) is 75.3 cm³/mol. The molecular weight excluding hydrogens is 252 g/mol. The zero-order valence-corrected chi connectivity index (χ0v) is 12.2. The summed E-state index contributed by atoms with van der Waals surface area (Å²) in [6, 6.07) is 0.273. The summed E-state index contributed by atoms with van der Waals surface area (Å²) in [6.07, 6.45) is 5.49. The Morgan fingerprint density at radius 2 is 1.90 bits per heavy atom. The molecule has 2 aliphatic carbocycles. The fourth-order valence-corrected chi connectivity index (χ4v) is 4.14. The number of hydrogen-bond donors (Lipinski definition) is 1. The highest BCUT2D eigenvalue weighted by molar-refractivity contribution is 5.15. The Hall–Kier alpha value is -0.940. The molecule has 3 atom stereocenters. The molecule has 1 aromatic rings. The van der Waals surface area contributed by atoms with Gasteiger partial charge in [0, 0.05) is 32.1 Å². The molecule has 5 heteroatoms. The molecule has 3 aliphatic rings. The molecule has 1 aliphatic heterocycles. The van der Waals surface area contributed by atoms with Crippen LogP contribution in [0.15, 0.2) is 4.52 Å². The van der Waals surface area contributed by atoms with E-state index in [1.54, 1.807) is 0 Å². The second-order valence-electron chi connectivity index (χ2n) is 6.59. The van der Waals surface area contributed by atoms with Crippen molar-refractivity contribution in [3.63, 3.8) is 0 Å². The molecule has 1 N–H and O–H groups in total. The van der Waals surface area contributed by atoms with Gasteiger partial charge in [-0.05, 0) is 31.6 Å². The van der Waals surface area contributed by atoms with Crippen LogP contribution in [0.5, 0.6) is 0 Å². The monoisotopic (exact) mass is 276 g/mol. The van der Waals surface area contributed by atoms with Crippen LogP contribution < -0.4 is 5.32 Å². The van der Waals surface area contributed by atoms with Crippen LogP contribution in [0, 0.1) is 11.8 Å². The summed E-state index contributed by atoms with van der Waals surface area (Å²) < 4.78 is 5.59. The fraction of sp³-hybridized carbons (Fsp3) is 0.867. The van der Waals surface area contributed by atoms with Gasteiger partial charge in [-0.2, -0.15) is 4.98 Å². The standard InChI is InChI=1S/C15H24N4O/c1-10(19-8-6-16-7-9-19)14-17-15(20-18-14)13-11-4-2-3-5-12(11)13/h10-13,16H,2-9H2,1H3. The van der Waals surface area contributed by atoms with Gasteiger partial charge in [-0.15, -0.1) is 0 Å². The SMILES string of the molecule is CC(c1noc(C2C3CCCCC32)n1)N1CCNCC1. The second kappa shape index (κ2) is 5.11. The quantitative estimate of drug-likeness (QED) is 0.914. The molecule has 3 fully saturated rings. The predicted octanol–water partition coefficient (Wildman–Crippen LogP) is 1.94. The maximum Gasteiger partial charge on any atom is 0.230 e. The molecule has 0 aromatic carbocycles. The average molecular weight is 276 g/mol. The largest absolute Gasteiger partial charge is 0.339 e. The van der Waals surface area contributed by atoms with Gasteiger partial charge >= 0.3 is 0 Å². The maximum absolute atomic E-state index is 5.59. The highest BCUT2D eigenvalue weighted by atomic mass is 16.5. The molecular formula is C15H24N4O. The summed E-state index contributed by atoms with van der Waals surface area (Å²) in [4.78, 5) is 7.17. The van der Waals surface area contributed by atoms with Crippen molar-refractivity contribution in [3.05, 3.63) is 11.7 Å². The number of fused-ring (bicyclic) bond motifs is 1. The molecule has 4 rings (SSSR count). The van der Waals surface area contributed by atoms with Crippen molar-refractivity contribution in [1.82, 2.24) is 20.4 Å². The summed E-state index contributed by atoms with van der Waals surface area (Å²) in [6.45, 7) is 6.45. The van der Waals surface area contributed by atoms with E-state index in [0.29, 0.717) is 5.92 Å². The lowest BCUT2D eigenvalue weighted by atomic mass is 10.0. The number of aromatic nitrogens is 2. The van der Waals surface area contributed by atoms with Gasteiger partial charge in [0.25, 0.3) is 0 Å². The highest BCUT2D eigenvalue weighted by Crippen LogP contribution is 2.60. The van der Waals surface area contributed by atoms with Gasteiger partial charge < -0.3 is 9.84 Å². The van der Waals surface area contributed by atoms with Crippen molar-refractivity contribution in [2.24, 2.45) is 11.8 Å². The Morgan fingerprint density at radius 3 is 2.60 bits per heavy atom. The Bertz CT molecular complexity index is 456. The number of rotatable bonds is 3. The number of piperazine rings is 1. The Balaban J connectivity index is 1.45. The van der Waals surface area contributed by atoms with E-state index in [2.05, 4.69) is 22.3 Å². The lowest BCUT2D eigenvalue weighted by molar-refractivity contribution is 0.176. The fourth-order valence-electron chi connectivity index (χ4n) is 4.14. The number of nitrogens with zero attached hydrogens (tertiary/aromatic N) is 3. The van der Waals surface area contributed by atoms with Crippen LogP contribution in [0.25, 0.3) is 0 Å². The molecule has 20 heavy (non-hydrogen) atoms. The molecule has 0 bridgehead atoms.